The molecular formula is C19H17NO. The Labute approximate surface area is 124 Å². The lowest BCUT2D eigenvalue weighted by atomic mass is 9.98. The first-order chi connectivity index (χ1) is 10.0. The van der Waals surface area contributed by atoms with E-state index in [1.165, 1.54) is 0 Å². The first-order valence-electron chi connectivity index (χ1n) is 7.03. The molecule has 2 aromatic carbocycles. The summed E-state index contributed by atoms with van der Waals surface area (Å²) < 4.78 is 0. The molecule has 104 valence electrons. The van der Waals surface area contributed by atoms with Crippen LogP contribution in [0.4, 0.5) is 0 Å². The summed E-state index contributed by atoms with van der Waals surface area (Å²) >= 11 is 0. The van der Waals surface area contributed by atoms with E-state index in [4.69, 9.17) is 0 Å². The molecule has 0 aliphatic carbocycles. The molecule has 0 saturated heterocycles. The van der Waals surface area contributed by atoms with Crippen LogP contribution in [0, 0.1) is 20.8 Å². The number of fused-ring (bicyclic) bond motifs is 1. The summed E-state index contributed by atoms with van der Waals surface area (Å²) in [5.74, 6) is 0.0595. The number of carbonyl (C=O) groups is 1. The Balaban J connectivity index is 2.07. The van der Waals surface area contributed by atoms with Crippen molar-refractivity contribution < 1.29 is 4.79 Å². The number of rotatable bonds is 2. The highest BCUT2D eigenvalue weighted by Crippen LogP contribution is 2.19. The molecule has 3 rings (SSSR count). The second kappa shape index (κ2) is 5.13. The van der Waals surface area contributed by atoms with Crippen molar-refractivity contribution in [2.24, 2.45) is 0 Å². The summed E-state index contributed by atoms with van der Waals surface area (Å²) in [6.07, 6.45) is 0. The van der Waals surface area contributed by atoms with Gasteiger partial charge in [-0.05, 0) is 57.2 Å². The molecule has 21 heavy (non-hydrogen) atoms. The topological polar surface area (TPSA) is 30.0 Å². The van der Waals surface area contributed by atoms with Gasteiger partial charge in [0.2, 0.25) is 0 Å². The molecule has 1 heterocycles. The number of aryl methyl sites for hydroxylation is 3. The van der Waals surface area contributed by atoms with Gasteiger partial charge in [-0.25, -0.2) is 0 Å². The third kappa shape index (κ3) is 2.70. The van der Waals surface area contributed by atoms with E-state index in [-0.39, 0.29) is 5.78 Å². The molecule has 0 saturated carbocycles. The quantitative estimate of drug-likeness (QED) is 0.649. The van der Waals surface area contributed by atoms with Crippen molar-refractivity contribution in [2.45, 2.75) is 20.8 Å². The Bertz CT molecular complexity index is 829. The summed E-state index contributed by atoms with van der Waals surface area (Å²) in [4.78, 5) is 17.1. The zero-order valence-electron chi connectivity index (χ0n) is 12.5. The van der Waals surface area contributed by atoms with Crippen LogP contribution in [-0.2, 0) is 0 Å². The predicted octanol–water partition coefficient (Wildman–Crippen LogP) is 4.39. The minimum atomic E-state index is 0.0595. The van der Waals surface area contributed by atoms with Crippen LogP contribution in [-0.4, -0.2) is 10.8 Å². The molecule has 0 fully saturated rings. The van der Waals surface area contributed by atoms with Crippen LogP contribution in [0.1, 0.15) is 32.7 Å². The largest absolute Gasteiger partial charge is 0.289 e. The number of ketones is 1. The van der Waals surface area contributed by atoms with Crippen molar-refractivity contribution in [3.05, 3.63) is 76.5 Å². The third-order valence-electron chi connectivity index (χ3n) is 3.57. The number of benzene rings is 2. The monoisotopic (exact) mass is 275 g/mol. The lowest BCUT2D eigenvalue weighted by Gasteiger charge is -2.06. The molecule has 2 heteroatoms. The SMILES string of the molecule is Cc1cc(C)cc(C(=O)c2ccc3nc(C)ccc3c2)c1. The van der Waals surface area contributed by atoms with Crippen LogP contribution in [0.25, 0.3) is 10.9 Å². The first-order valence-corrected chi connectivity index (χ1v) is 7.03. The number of nitrogens with zero attached hydrogens (tertiary/aromatic N) is 1. The van der Waals surface area contributed by atoms with Gasteiger partial charge in [-0.2, -0.15) is 0 Å². The zero-order chi connectivity index (χ0) is 15.0. The number of carbonyl (C=O) groups excluding carboxylic acids is 1. The van der Waals surface area contributed by atoms with E-state index in [9.17, 15) is 4.79 Å². The number of aromatic nitrogens is 1. The molecule has 0 bridgehead atoms. The van der Waals surface area contributed by atoms with Gasteiger partial charge in [-0.15, -0.1) is 0 Å². The second-order valence-electron chi connectivity index (χ2n) is 5.57. The van der Waals surface area contributed by atoms with Gasteiger partial charge in [-0.1, -0.05) is 23.3 Å². The van der Waals surface area contributed by atoms with Gasteiger partial charge >= 0.3 is 0 Å². The molecule has 0 aliphatic heterocycles. The Morgan fingerprint density at radius 2 is 1.52 bits per heavy atom. The van der Waals surface area contributed by atoms with E-state index < -0.39 is 0 Å². The number of pyridine rings is 1. The maximum atomic E-state index is 12.6. The van der Waals surface area contributed by atoms with Crippen molar-refractivity contribution in [3.63, 3.8) is 0 Å². The third-order valence-corrected chi connectivity index (χ3v) is 3.57. The summed E-state index contributed by atoms with van der Waals surface area (Å²) in [7, 11) is 0. The minimum Gasteiger partial charge on any atom is -0.289 e. The Hall–Kier alpha value is -2.48. The number of hydrogen-bond acceptors (Lipinski definition) is 2. The van der Waals surface area contributed by atoms with Crippen LogP contribution in [0.5, 0.6) is 0 Å². The van der Waals surface area contributed by atoms with E-state index >= 15 is 0 Å². The van der Waals surface area contributed by atoms with Crippen molar-refractivity contribution >= 4 is 16.7 Å². The Morgan fingerprint density at radius 1 is 0.810 bits per heavy atom. The second-order valence-corrected chi connectivity index (χ2v) is 5.57. The van der Waals surface area contributed by atoms with Gasteiger partial charge in [0.25, 0.3) is 0 Å². The van der Waals surface area contributed by atoms with Gasteiger partial charge in [0, 0.05) is 22.2 Å². The average Bonchev–Trinajstić information content (AvgIpc) is 2.45. The number of hydrogen-bond donors (Lipinski definition) is 0. The highest BCUT2D eigenvalue weighted by Gasteiger charge is 2.11. The smallest absolute Gasteiger partial charge is 0.193 e. The fourth-order valence-electron chi connectivity index (χ4n) is 2.64. The van der Waals surface area contributed by atoms with E-state index in [2.05, 4.69) is 11.1 Å². The fraction of sp³-hybridized carbons (Fsp3) is 0.158. The summed E-state index contributed by atoms with van der Waals surface area (Å²) in [5.41, 5.74) is 5.57. The van der Waals surface area contributed by atoms with Crippen LogP contribution in [0.3, 0.4) is 0 Å². The lowest BCUT2D eigenvalue weighted by Crippen LogP contribution is -2.02. The molecule has 0 amide bonds. The Kier molecular flexibility index (Phi) is 3.30. The van der Waals surface area contributed by atoms with Crippen LogP contribution >= 0.6 is 0 Å². The molecule has 0 spiro atoms. The van der Waals surface area contributed by atoms with E-state index in [0.29, 0.717) is 5.56 Å². The zero-order valence-corrected chi connectivity index (χ0v) is 12.5. The van der Waals surface area contributed by atoms with E-state index in [0.717, 1.165) is 33.3 Å². The van der Waals surface area contributed by atoms with Crippen LogP contribution in [0.15, 0.2) is 48.5 Å². The Morgan fingerprint density at radius 3 is 2.24 bits per heavy atom. The van der Waals surface area contributed by atoms with Crippen LogP contribution in [0.2, 0.25) is 0 Å². The van der Waals surface area contributed by atoms with Gasteiger partial charge in [0.15, 0.2) is 5.78 Å². The first kappa shape index (κ1) is 13.5. The van der Waals surface area contributed by atoms with Crippen molar-refractivity contribution in [1.29, 1.82) is 0 Å². The molecule has 3 aromatic rings. The minimum absolute atomic E-state index is 0.0595. The summed E-state index contributed by atoms with van der Waals surface area (Å²) in [6.45, 7) is 5.99. The standard InChI is InChI=1S/C19H17NO/c1-12-8-13(2)10-17(9-12)19(21)16-6-7-18-15(11-16)5-4-14(3)20-18/h4-11H,1-3H3. The summed E-state index contributed by atoms with van der Waals surface area (Å²) in [6, 6.07) is 15.6. The molecule has 0 radical (unpaired) electrons. The molecule has 0 atom stereocenters. The maximum absolute atomic E-state index is 12.6. The molecule has 2 nitrogen and oxygen atoms in total. The molecular weight excluding hydrogens is 258 g/mol. The molecule has 0 N–H and O–H groups in total. The van der Waals surface area contributed by atoms with Crippen LogP contribution < -0.4 is 0 Å². The highest BCUT2D eigenvalue weighted by molar-refractivity contribution is 6.10. The van der Waals surface area contributed by atoms with Crippen molar-refractivity contribution in [3.8, 4) is 0 Å². The van der Waals surface area contributed by atoms with E-state index in [1.54, 1.807) is 0 Å². The lowest BCUT2D eigenvalue weighted by molar-refractivity contribution is 0.103. The van der Waals surface area contributed by atoms with Gasteiger partial charge in [0.1, 0.15) is 0 Å². The normalized spacial score (nSPS) is 10.8. The predicted molar refractivity (Wildman–Crippen MR) is 85.8 cm³/mol. The molecule has 0 aliphatic rings. The van der Waals surface area contributed by atoms with Gasteiger partial charge in [-0.3, -0.25) is 9.78 Å². The van der Waals surface area contributed by atoms with Crippen molar-refractivity contribution in [2.75, 3.05) is 0 Å². The fourth-order valence-corrected chi connectivity index (χ4v) is 2.64. The summed E-state index contributed by atoms with van der Waals surface area (Å²) in [5, 5.41) is 0.996. The molecule has 1 aromatic heterocycles. The average molecular weight is 275 g/mol. The van der Waals surface area contributed by atoms with Gasteiger partial charge in [0.05, 0.1) is 5.52 Å². The highest BCUT2D eigenvalue weighted by atomic mass is 16.1. The van der Waals surface area contributed by atoms with Crippen molar-refractivity contribution in [1.82, 2.24) is 4.98 Å². The molecule has 0 unspecified atom stereocenters. The van der Waals surface area contributed by atoms with E-state index in [1.807, 2.05) is 63.2 Å². The maximum Gasteiger partial charge on any atom is 0.193 e. The van der Waals surface area contributed by atoms with Gasteiger partial charge < -0.3 is 0 Å².